The van der Waals surface area contributed by atoms with Crippen LogP contribution in [0, 0.1) is 5.92 Å². The molecule has 3 aromatic carbocycles. The summed E-state index contributed by atoms with van der Waals surface area (Å²) in [5.41, 5.74) is 0. The average molecular weight is 345 g/mol. The summed E-state index contributed by atoms with van der Waals surface area (Å²) in [4.78, 5) is 13.0. The molecule has 0 bridgehead atoms. The fraction of sp³-hybridized carbons (Fsp3) is 0.174. The second-order valence-electron chi connectivity index (χ2n) is 6.72. The Morgan fingerprint density at radius 2 is 1.04 bits per heavy atom. The second-order valence-corrected chi connectivity index (χ2v) is 10.2. The first kappa shape index (κ1) is 16.2. The molecule has 0 aliphatic heterocycles. The molecule has 3 aromatic rings. The molecule has 1 saturated carbocycles. The van der Waals surface area contributed by atoms with Gasteiger partial charge >= 0.3 is 0 Å². The van der Waals surface area contributed by atoms with Crippen LogP contribution in [0.1, 0.15) is 12.8 Å². The van der Waals surface area contributed by atoms with E-state index in [2.05, 4.69) is 91.0 Å². The van der Waals surface area contributed by atoms with Gasteiger partial charge in [0.2, 0.25) is 0 Å². The maximum absolute atomic E-state index is 13.0. The third kappa shape index (κ3) is 3.17. The van der Waals surface area contributed by atoms with Crippen LogP contribution in [0.5, 0.6) is 0 Å². The van der Waals surface area contributed by atoms with Crippen LogP contribution in [-0.2, 0) is 4.79 Å². The molecule has 0 atom stereocenters. The van der Waals surface area contributed by atoms with Crippen molar-refractivity contribution in [3.8, 4) is 0 Å². The molecule has 4 rings (SSSR count). The van der Waals surface area contributed by atoms with E-state index in [9.17, 15) is 4.79 Å². The maximum atomic E-state index is 13.0. The van der Waals surface area contributed by atoms with Gasteiger partial charge in [-0.3, -0.25) is 4.79 Å². The van der Waals surface area contributed by atoms with Crippen LogP contribution < -0.4 is 15.9 Å². The second kappa shape index (κ2) is 6.94. The molecule has 1 aliphatic rings. The molecule has 0 radical (unpaired) electrons. The van der Waals surface area contributed by atoms with Crippen molar-refractivity contribution in [2.75, 3.05) is 6.16 Å². The molecule has 0 unspecified atom stereocenters. The normalized spacial score (nSPS) is 14.2. The van der Waals surface area contributed by atoms with Gasteiger partial charge in [0.05, 0.1) is 0 Å². The molecule has 0 heterocycles. The van der Waals surface area contributed by atoms with Crippen molar-refractivity contribution in [2.24, 2.45) is 5.92 Å². The van der Waals surface area contributed by atoms with Gasteiger partial charge in [-0.2, -0.15) is 0 Å². The Hall–Kier alpha value is -2.24. The minimum Gasteiger partial charge on any atom is -0.295 e. The quantitative estimate of drug-likeness (QED) is 0.618. The van der Waals surface area contributed by atoms with Crippen LogP contribution in [0.4, 0.5) is 0 Å². The minimum atomic E-state index is -1.97. The van der Waals surface area contributed by atoms with E-state index in [1.165, 1.54) is 15.9 Å². The molecule has 0 amide bonds. The van der Waals surface area contributed by atoms with Gasteiger partial charge in [0.1, 0.15) is 29.3 Å². The molecule has 124 valence electrons. The molecule has 1 nitrogen and oxygen atoms in total. The number of hydrogen-bond acceptors (Lipinski definition) is 1. The lowest BCUT2D eigenvalue weighted by Gasteiger charge is -2.27. The van der Waals surface area contributed by atoms with Crippen molar-refractivity contribution in [1.82, 2.24) is 0 Å². The maximum Gasteiger partial charge on any atom is 0.174 e. The Bertz CT molecular complexity index is 742. The Kier molecular flexibility index (Phi) is 4.51. The summed E-state index contributed by atoms with van der Waals surface area (Å²) in [5, 5.41) is 3.88. The van der Waals surface area contributed by atoms with Gasteiger partial charge in [-0.25, -0.2) is 0 Å². The summed E-state index contributed by atoms with van der Waals surface area (Å²) in [6, 6.07) is 31.9. The first-order valence-electron chi connectivity index (χ1n) is 8.88. The Labute approximate surface area is 150 Å². The van der Waals surface area contributed by atoms with E-state index in [-0.39, 0.29) is 5.92 Å². The number of benzene rings is 3. The summed E-state index contributed by atoms with van der Waals surface area (Å²) < 4.78 is 0. The highest BCUT2D eigenvalue weighted by molar-refractivity contribution is 7.96. The zero-order chi connectivity index (χ0) is 17.1. The van der Waals surface area contributed by atoms with E-state index < -0.39 is 7.26 Å². The van der Waals surface area contributed by atoms with E-state index in [1.807, 2.05) is 0 Å². The van der Waals surface area contributed by atoms with E-state index in [4.69, 9.17) is 0 Å². The average Bonchev–Trinajstić information content (AvgIpc) is 3.53. The molecular formula is C23H22OP+. The van der Waals surface area contributed by atoms with Crippen molar-refractivity contribution in [3.63, 3.8) is 0 Å². The van der Waals surface area contributed by atoms with Gasteiger partial charge in [0.15, 0.2) is 5.78 Å². The zero-order valence-electron chi connectivity index (χ0n) is 14.2. The van der Waals surface area contributed by atoms with Gasteiger partial charge in [0.25, 0.3) is 0 Å². The number of carbonyl (C=O) groups excluding carboxylic acids is 1. The smallest absolute Gasteiger partial charge is 0.174 e. The molecule has 25 heavy (non-hydrogen) atoms. The van der Waals surface area contributed by atoms with Gasteiger partial charge in [-0.05, 0) is 49.2 Å². The summed E-state index contributed by atoms with van der Waals surface area (Å²) in [6.45, 7) is 0. The Morgan fingerprint density at radius 3 is 1.36 bits per heavy atom. The molecule has 1 fully saturated rings. The summed E-state index contributed by atoms with van der Waals surface area (Å²) >= 11 is 0. The summed E-state index contributed by atoms with van der Waals surface area (Å²) in [7, 11) is -1.97. The number of carbonyl (C=O) groups is 1. The lowest BCUT2D eigenvalue weighted by Crippen LogP contribution is -2.36. The Morgan fingerprint density at radius 1 is 0.680 bits per heavy atom. The summed E-state index contributed by atoms with van der Waals surface area (Å²) in [5.74, 6) is 0.723. The molecule has 2 heteroatoms. The monoisotopic (exact) mass is 345 g/mol. The standard InChI is InChI=1S/C23H22OP/c24-23(19-16-17-19)18-25(20-10-4-1-5-11-20,21-12-6-2-7-13-21)22-14-8-3-9-15-22/h1-15,19H,16-18H2/q+1. The molecule has 0 N–H and O–H groups in total. The van der Waals surface area contributed by atoms with Crippen LogP contribution in [0.25, 0.3) is 0 Å². The SMILES string of the molecule is O=C(C[P+](c1ccccc1)(c1ccccc1)c1ccccc1)C1CC1. The third-order valence-corrected chi connectivity index (χ3v) is 9.34. The molecule has 1 aliphatic carbocycles. The molecule has 0 saturated heterocycles. The summed E-state index contributed by atoms with van der Waals surface area (Å²) in [6.07, 6.45) is 2.77. The van der Waals surface area contributed by atoms with Crippen molar-refractivity contribution in [3.05, 3.63) is 91.0 Å². The predicted molar refractivity (Wildman–Crippen MR) is 108 cm³/mol. The number of rotatable bonds is 6. The number of Topliss-reactive ketones (excluding diaryl/α,β-unsaturated/α-hetero) is 1. The van der Waals surface area contributed by atoms with Crippen LogP contribution >= 0.6 is 7.26 Å². The van der Waals surface area contributed by atoms with Crippen molar-refractivity contribution < 1.29 is 4.79 Å². The van der Waals surface area contributed by atoms with Gasteiger partial charge < -0.3 is 0 Å². The van der Waals surface area contributed by atoms with Crippen LogP contribution in [-0.4, -0.2) is 11.9 Å². The Balaban J connectivity index is 1.95. The molecule has 0 spiro atoms. The van der Waals surface area contributed by atoms with Gasteiger partial charge in [0, 0.05) is 5.92 Å². The third-order valence-electron chi connectivity index (χ3n) is 5.02. The molecular weight excluding hydrogens is 323 g/mol. The highest BCUT2D eigenvalue weighted by Gasteiger charge is 2.49. The lowest BCUT2D eigenvalue weighted by molar-refractivity contribution is -0.117. The van der Waals surface area contributed by atoms with E-state index in [1.54, 1.807) is 0 Å². The van der Waals surface area contributed by atoms with Crippen LogP contribution in [0.3, 0.4) is 0 Å². The number of ketones is 1. The van der Waals surface area contributed by atoms with Crippen molar-refractivity contribution >= 4 is 29.0 Å². The lowest BCUT2D eigenvalue weighted by atomic mass is 10.3. The highest BCUT2D eigenvalue weighted by Crippen LogP contribution is 2.56. The fourth-order valence-electron chi connectivity index (χ4n) is 3.54. The largest absolute Gasteiger partial charge is 0.295 e. The van der Waals surface area contributed by atoms with Crippen LogP contribution in [0.15, 0.2) is 91.0 Å². The van der Waals surface area contributed by atoms with Gasteiger partial charge in [-0.1, -0.05) is 54.6 Å². The van der Waals surface area contributed by atoms with E-state index in [0.717, 1.165) is 12.8 Å². The number of hydrogen-bond donors (Lipinski definition) is 0. The predicted octanol–water partition coefficient (Wildman–Crippen LogP) is 3.96. The highest BCUT2D eigenvalue weighted by atomic mass is 31.2. The first-order valence-corrected chi connectivity index (χ1v) is 10.9. The topological polar surface area (TPSA) is 17.1 Å². The minimum absolute atomic E-state index is 0.288. The molecule has 0 aromatic heterocycles. The fourth-order valence-corrected chi connectivity index (χ4v) is 7.75. The van der Waals surface area contributed by atoms with E-state index in [0.29, 0.717) is 11.9 Å². The van der Waals surface area contributed by atoms with Crippen molar-refractivity contribution in [2.45, 2.75) is 12.8 Å². The van der Waals surface area contributed by atoms with E-state index >= 15 is 0 Å². The zero-order valence-corrected chi connectivity index (χ0v) is 15.1. The first-order chi connectivity index (χ1) is 12.3. The van der Waals surface area contributed by atoms with Gasteiger partial charge in [-0.15, -0.1) is 0 Å². The van der Waals surface area contributed by atoms with Crippen molar-refractivity contribution in [1.29, 1.82) is 0 Å². The van der Waals surface area contributed by atoms with Crippen LogP contribution in [0.2, 0.25) is 0 Å².